The summed E-state index contributed by atoms with van der Waals surface area (Å²) in [4.78, 5) is 9.64. The molecule has 18 heavy (non-hydrogen) atoms. The van der Waals surface area contributed by atoms with Gasteiger partial charge in [-0.2, -0.15) is 0 Å². The van der Waals surface area contributed by atoms with Gasteiger partial charge in [0.2, 0.25) is 0 Å². The molecule has 0 radical (unpaired) electrons. The third kappa shape index (κ3) is 3.13. The van der Waals surface area contributed by atoms with E-state index in [0.717, 1.165) is 22.2 Å². The van der Waals surface area contributed by atoms with Crippen molar-refractivity contribution in [3.8, 4) is 0 Å². The lowest BCUT2D eigenvalue weighted by atomic mass is 10.4. The summed E-state index contributed by atoms with van der Waals surface area (Å²) in [5.74, 6) is 6.75. The first-order valence-electron chi connectivity index (χ1n) is 5.50. The molecule has 0 aliphatic carbocycles. The Hall–Kier alpha value is -1.30. The number of rotatable bonds is 4. The molecule has 0 fully saturated rings. The molecule has 94 valence electrons. The van der Waals surface area contributed by atoms with Gasteiger partial charge in [0.05, 0.1) is 5.02 Å². The van der Waals surface area contributed by atoms with Gasteiger partial charge < -0.3 is 5.43 Å². The van der Waals surface area contributed by atoms with Crippen LogP contribution < -0.4 is 11.3 Å². The summed E-state index contributed by atoms with van der Waals surface area (Å²) < 4.78 is 0. The Labute approximate surface area is 115 Å². The first-order valence-corrected chi connectivity index (χ1v) is 6.69. The molecular formula is C12H13ClN4S. The van der Waals surface area contributed by atoms with Crippen molar-refractivity contribution in [3.63, 3.8) is 0 Å². The number of hydrogen-bond acceptors (Lipinski definition) is 5. The normalized spacial score (nSPS) is 10.4. The standard InChI is InChI=1S/C12H13ClN4S/c1-2-10-15-11(17-14)7-12(16-10)18-9-6-4-3-5-8(9)13/h3-7H,2,14H2,1H3,(H,15,16,17). The number of nitrogens with two attached hydrogens (primary N) is 1. The van der Waals surface area contributed by atoms with Crippen molar-refractivity contribution in [2.75, 3.05) is 5.43 Å². The molecule has 2 rings (SSSR count). The Morgan fingerprint density at radius 1 is 1.33 bits per heavy atom. The summed E-state index contributed by atoms with van der Waals surface area (Å²) in [7, 11) is 0. The zero-order valence-corrected chi connectivity index (χ0v) is 11.4. The first kappa shape index (κ1) is 13.1. The molecular weight excluding hydrogens is 268 g/mol. The fourth-order valence-electron chi connectivity index (χ4n) is 1.40. The molecule has 0 saturated heterocycles. The minimum atomic E-state index is 0.608. The molecule has 1 aromatic carbocycles. The van der Waals surface area contributed by atoms with E-state index in [-0.39, 0.29) is 0 Å². The van der Waals surface area contributed by atoms with E-state index in [4.69, 9.17) is 17.4 Å². The summed E-state index contributed by atoms with van der Waals surface area (Å²) in [6.07, 6.45) is 0.756. The summed E-state index contributed by atoms with van der Waals surface area (Å²) in [5.41, 5.74) is 2.55. The monoisotopic (exact) mass is 280 g/mol. The second-order valence-corrected chi connectivity index (χ2v) is 5.01. The highest BCUT2D eigenvalue weighted by atomic mass is 35.5. The van der Waals surface area contributed by atoms with Gasteiger partial charge in [-0.15, -0.1) is 0 Å². The zero-order chi connectivity index (χ0) is 13.0. The Morgan fingerprint density at radius 2 is 2.11 bits per heavy atom. The fourth-order valence-corrected chi connectivity index (χ4v) is 2.51. The van der Waals surface area contributed by atoms with Crippen LogP contribution in [0.25, 0.3) is 0 Å². The van der Waals surface area contributed by atoms with E-state index >= 15 is 0 Å². The van der Waals surface area contributed by atoms with Crippen LogP contribution in [0.5, 0.6) is 0 Å². The Morgan fingerprint density at radius 3 is 2.78 bits per heavy atom. The number of nitrogen functional groups attached to an aromatic ring is 1. The van der Waals surface area contributed by atoms with Crippen molar-refractivity contribution in [3.05, 3.63) is 41.2 Å². The molecule has 0 atom stereocenters. The number of hydrazine groups is 1. The van der Waals surface area contributed by atoms with Gasteiger partial charge in [0.1, 0.15) is 16.7 Å². The highest BCUT2D eigenvalue weighted by Gasteiger charge is 2.06. The van der Waals surface area contributed by atoms with Crippen molar-refractivity contribution < 1.29 is 0 Å². The molecule has 4 nitrogen and oxygen atoms in total. The Bertz CT molecular complexity index is 525. The molecule has 0 aliphatic rings. The lowest BCUT2D eigenvalue weighted by Gasteiger charge is -2.07. The molecule has 6 heteroatoms. The summed E-state index contributed by atoms with van der Waals surface area (Å²) in [6.45, 7) is 2.00. The molecule has 0 amide bonds. The minimum Gasteiger partial charge on any atom is -0.308 e. The van der Waals surface area contributed by atoms with Crippen LogP contribution in [0.15, 0.2) is 40.3 Å². The van der Waals surface area contributed by atoms with E-state index in [1.807, 2.05) is 31.2 Å². The van der Waals surface area contributed by atoms with Crippen LogP contribution in [0.2, 0.25) is 5.02 Å². The van der Waals surface area contributed by atoms with Crippen molar-refractivity contribution in [2.45, 2.75) is 23.3 Å². The van der Waals surface area contributed by atoms with Crippen molar-refractivity contribution in [1.29, 1.82) is 0 Å². The number of nitrogens with one attached hydrogen (secondary N) is 1. The van der Waals surface area contributed by atoms with Gasteiger partial charge in [0, 0.05) is 17.4 Å². The smallest absolute Gasteiger partial charge is 0.144 e. The lowest BCUT2D eigenvalue weighted by molar-refractivity contribution is 0.888. The van der Waals surface area contributed by atoms with Crippen LogP contribution in [-0.4, -0.2) is 9.97 Å². The maximum atomic E-state index is 6.12. The largest absolute Gasteiger partial charge is 0.308 e. The van der Waals surface area contributed by atoms with Crippen molar-refractivity contribution in [2.24, 2.45) is 5.84 Å². The van der Waals surface area contributed by atoms with Crippen LogP contribution in [0, 0.1) is 0 Å². The Balaban J connectivity index is 2.31. The number of benzene rings is 1. The second kappa shape index (κ2) is 6.04. The SMILES string of the molecule is CCc1nc(NN)cc(Sc2ccccc2Cl)n1. The van der Waals surface area contributed by atoms with Gasteiger partial charge in [-0.1, -0.05) is 42.4 Å². The highest BCUT2D eigenvalue weighted by Crippen LogP contribution is 2.32. The topological polar surface area (TPSA) is 63.8 Å². The van der Waals surface area contributed by atoms with Gasteiger partial charge >= 0.3 is 0 Å². The third-order valence-electron chi connectivity index (χ3n) is 2.26. The molecule has 1 aromatic heterocycles. The maximum absolute atomic E-state index is 6.12. The van der Waals surface area contributed by atoms with Crippen LogP contribution in [0.4, 0.5) is 5.82 Å². The average molecular weight is 281 g/mol. The van der Waals surface area contributed by atoms with Gasteiger partial charge in [0.25, 0.3) is 0 Å². The van der Waals surface area contributed by atoms with E-state index in [9.17, 15) is 0 Å². The quantitative estimate of drug-likeness (QED) is 0.512. The third-order valence-corrected chi connectivity index (χ3v) is 3.70. The van der Waals surface area contributed by atoms with E-state index in [1.165, 1.54) is 11.8 Å². The molecule has 0 unspecified atom stereocenters. The van der Waals surface area contributed by atoms with Crippen LogP contribution in [0.3, 0.4) is 0 Å². The molecule has 0 spiro atoms. The van der Waals surface area contributed by atoms with Gasteiger partial charge in [-0.25, -0.2) is 15.8 Å². The van der Waals surface area contributed by atoms with E-state index in [2.05, 4.69) is 15.4 Å². The molecule has 0 saturated carbocycles. The van der Waals surface area contributed by atoms with Crippen LogP contribution in [-0.2, 0) is 6.42 Å². The minimum absolute atomic E-state index is 0.608. The number of aromatic nitrogens is 2. The first-order chi connectivity index (χ1) is 8.72. The highest BCUT2D eigenvalue weighted by molar-refractivity contribution is 7.99. The predicted octanol–water partition coefficient (Wildman–Crippen LogP) is 3.13. The Kier molecular flexibility index (Phi) is 4.41. The van der Waals surface area contributed by atoms with Crippen molar-refractivity contribution in [1.82, 2.24) is 9.97 Å². The summed E-state index contributed by atoms with van der Waals surface area (Å²) in [6, 6.07) is 9.45. The van der Waals surface area contributed by atoms with E-state index in [0.29, 0.717) is 10.8 Å². The molecule has 1 heterocycles. The number of hydrogen-bond donors (Lipinski definition) is 2. The lowest BCUT2D eigenvalue weighted by Crippen LogP contribution is -2.10. The van der Waals surface area contributed by atoms with Crippen molar-refractivity contribution >= 4 is 29.2 Å². The van der Waals surface area contributed by atoms with Crippen LogP contribution >= 0.6 is 23.4 Å². The fraction of sp³-hybridized carbons (Fsp3) is 0.167. The number of aryl methyl sites for hydroxylation is 1. The van der Waals surface area contributed by atoms with Gasteiger partial charge in [0.15, 0.2) is 0 Å². The second-order valence-electron chi connectivity index (χ2n) is 3.54. The zero-order valence-electron chi connectivity index (χ0n) is 9.85. The number of anilines is 1. The number of halogens is 1. The molecule has 0 aliphatic heterocycles. The summed E-state index contributed by atoms with van der Waals surface area (Å²) in [5, 5.41) is 1.53. The van der Waals surface area contributed by atoms with E-state index in [1.54, 1.807) is 6.07 Å². The maximum Gasteiger partial charge on any atom is 0.144 e. The summed E-state index contributed by atoms with van der Waals surface area (Å²) >= 11 is 7.61. The van der Waals surface area contributed by atoms with Gasteiger partial charge in [-0.05, 0) is 12.1 Å². The predicted molar refractivity (Wildman–Crippen MR) is 74.8 cm³/mol. The molecule has 0 bridgehead atoms. The molecule has 3 N–H and O–H groups in total. The average Bonchev–Trinajstić information content (AvgIpc) is 2.41. The van der Waals surface area contributed by atoms with Crippen LogP contribution in [0.1, 0.15) is 12.7 Å². The van der Waals surface area contributed by atoms with Gasteiger partial charge in [-0.3, -0.25) is 0 Å². The molecule has 2 aromatic rings. The van der Waals surface area contributed by atoms with E-state index < -0.39 is 0 Å². The number of nitrogens with zero attached hydrogens (tertiary/aromatic N) is 2.